The van der Waals surface area contributed by atoms with Crippen molar-refractivity contribution in [2.45, 2.75) is 18.3 Å². The molecule has 1 N–H and O–H groups in total. The first-order chi connectivity index (χ1) is 8.24. The Kier molecular flexibility index (Phi) is 2.98. The van der Waals surface area contributed by atoms with E-state index in [2.05, 4.69) is 11.2 Å². The third kappa shape index (κ3) is 2.14. The maximum Gasteiger partial charge on any atom is 0.132 e. The highest BCUT2D eigenvalue weighted by Gasteiger charge is 2.20. The lowest BCUT2D eigenvalue weighted by Crippen LogP contribution is -1.99. The molecule has 0 aromatic carbocycles. The van der Waals surface area contributed by atoms with Crippen LogP contribution in [0.3, 0.4) is 0 Å². The maximum absolute atomic E-state index is 10.3. The SMILES string of the molecule is Cn1ccc(C(O)c2cc3c(s2)CCSC3)n1. The van der Waals surface area contributed by atoms with Gasteiger partial charge in [-0.3, -0.25) is 4.68 Å². The molecule has 3 rings (SSSR count). The van der Waals surface area contributed by atoms with Crippen LogP contribution in [0.25, 0.3) is 0 Å². The van der Waals surface area contributed by atoms with E-state index < -0.39 is 6.10 Å². The molecule has 2 aromatic rings. The summed E-state index contributed by atoms with van der Waals surface area (Å²) in [5, 5.41) is 14.5. The molecule has 2 aromatic heterocycles. The summed E-state index contributed by atoms with van der Waals surface area (Å²) in [7, 11) is 1.87. The Morgan fingerprint density at radius 1 is 1.53 bits per heavy atom. The zero-order valence-corrected chi connectivity index (χ0v) is 11.2. The van der Waals surface area contributed by atoms with Crippen LogP contribution in [0.2, 0.25) is 0 Å². The van der Waals surface area contributed by atoms with Crippen LogP contribution in [0.1, 0.15) is 27.1 Å². The molecule has 0 bridgehead atoms. The molecule has 3 heterocycles. The molecule has 0 saturated heterocycles. The maximum atomic E-state index is 10.3. The van der Waals surface area contributed by atoms with Crippen molar-refractivity contribution in [2.75, 3.05) is 5.75 Å². The van der Waals surface area contributed by atoms with Crippen molar-refractivity contribution in [3.63, 3.8) is 0 Å². The molecule has 0 saturated carbocycles. The molecule has 17 heavy (non-hydrogen) atoms. The Bertz CT molecular complexity index is 509. The van der Waals surface area contributed by atoms with Gasteiger partial charge in [0.05, 0.1) is 5.69 Å². The number of aromatic nitrogens is 2. The molecule has 5 heteroatoms. The minimum atomic E-state index is -0.572. The van der Waals surface area contributed by atoms with Gasteiger partial charge in [0.1, 0.15) is 6.10 Å². The topological polar surface area (TPSA) is 38.0 Å². The van der Waals surface area contributed by atoms with Crippen molar-refractivity contribution in [1.82, 2.24) is 9.78 Å². The number of thioether (sulfide) groups is 1. The Labute approximate surface area is 108 Å². The van der Waals surface area contributed by atoms with Gasteiger partial charge in [-0.25, -0.2) is 0 Å². The minimum absolute atomic E-state index is 0.572. The van der Waals surface area contributed by atoms with Gasteiger partial charge in [-0.1, -0.05) is 0 Å². The van der Waals surface area contributed by atoms with Crippen LogP contribution >= 0.6 is 23.1 Å². The van der Waals surface area contributed by atoms with E-state index >= 15 is 0 Å². The summed E-state index contributed by atoms with van der Waals surface area (Å²) in [4.78, 5) is 2.46. The number of fused-ring (bicyclic) bond motifs is 1. The number of nitrogens with zero attached hydrogens (tertiary/aromatic N) is 2. The van der Waals surface area contributed by atoms with Gasteiger partial charge < -0.3 is 5.11 Å². The van der Waals surface area contributed by atoms with Crippen molar-refractivity contribution in [1.29, 1.82) is 0 Å². The largest absolute Gasteiger partial charge is 0.381 e. The molecule has 1 unspecified atom stereocenters. The van der Waals surface area contributed by atoms with Crippen LogP contribution in [-0.2, 0) is 19.2 Å². The summed E-state index contributed by atoms with van der Waals surface area (Å²) in [6, 6.07) is 4.02. The van der Waals surface area contributed by atoms with Crippen LogP contribution in [0.4, 0.5) is 0 Å². The summed E-state index contributed by atoms with van der Waals surface area (Å²) >= 11 is 3.70. The molecular formula is C12H14N2OS2. The molecular weight excluding hydrogens is 252 g/mol. The Morgan fingerprint density at radius 3 is 3.12 bits per heavy atom. The van der Waals surface area contributed by atoms with Crippen LogP contribution in [0.15, 0.2) is 18.3 Å². The summed E-state index contributed by atoms with van der Waals surface area (Å²) in [5.41, 5.74) is 2.13. The van der Waals surface area contributed by atoms with Crippen LogP contribution < -0.4 is 0 Å². The van der Waals surface area contributed by atoms with E-state index in [-0.39, 0.29) is 0 Å². The van der Waals surface area contributed by atoms with Gasteiger partial charge in [-0.05, 0) is 29.9 Å². The molecule has 0 aliphatic carbocycles. The normalized spacial score (nSPS) is 16.8. The minimum Gasteiger partial charge on any atom is -0.381 e. The van der Waals surface area contributed by atoms with E-state index in [1.165, 1.54) is 16.2 Å². The first kappa shape index (κ1) is 11.3. The van der Waals surface area contributed by atoms with Gasteiger partial charge in [-0.2, -0.15) is 16.9 Å². The second kappa shape index (κ2) is 4.48. The van der Waals surface area contributed by atoms with E-state index in [1.807, 2.05) is 31.1 Å². The lowest BCUT2D eigenvalue weighted by Gasteiger charge is -2.08. The van der Waals surface area contributed by atoms with Crippen LogP contribution in [0, 0.1) is 0 Å². The monoisotopic (exact) mass is 266 g/mol. The lowest BCUT2D eigenvalue weighted by atomic mass is 10.1. The van der Waals surface area contributed by atoms with Crippen molar-refractivity contribution < 1.29 is 5.11 Å². The van der Waals surface area contributed by atoms with Gasteiger partial charge in [0, 0.05) is 28.8 Å². The molecule has 0 spiro atoms. The quantitative estimate of drug-likeness (QED) is 0.907. The predicted octanol–water partition coefficient (Wildman–Crippen LogP) is 2.35. The second-order valence-electron chi connectivity index (χ2n) is 4.22. The van der Waals surface area contributed by atoms with Gasteiger partial charge in [-0.15, -0.1) is 11.3 Å². The number of aryl methyl sites for hydroxylation is 2. The Morgan fingerprint density at radius 2 is 2.41 bits per heavy atom. The van der Waals surface area contributed by atoms with E-state index in [1.54, 1.807) is 16.0 Å². The highest BCUT2D eigenvalue weighted by Crippen LogP contribution is 2.35. The number of hydrogen-bond acceptors (Lipinski definition) is 4. The molecule has 0 amide bonds. The Hall–Kier alpha value is -0.780. The summed E-state index contributed by atoms with van der Waals surface area (Å²) < 4.78 is 1.72. The third-order valence-electron chi connectivity index (χ3n) is 2.93. The predicted molar refractivity (Wildman–Crippen MR) is 71.5 cm³/mol. The van der Waals surface area contributed by atoms with Gasteiger partial charge in [0.2, 0.25) is 0 Å². The number of aliphatic hydroxyl groups is 1. The molecule has 1 aliphatic heterocycles. The number of hydrogen-bond donors (Lipinski definition) is 1. The lowest BCUT2D eigenvalue weighted by molar-refractivity contribution is 0.218. The second-order valence-corrected chi connectivity index (χ2v) is 6.49. The average Bonchev–Trinajstić information content (AvgIpc) is 2.93. The van der Waals surface area contributed by atoms with E-state index in [4.69, 9.17) is 0 Å². The molecule has 1 aliphatic rings. The molecule has 3 nitrogen and oxygen atoms in total. The van der Waals surface area contributed by atoms with E-state index in [9.17, 15) is 5.11 Å². The van der Waals surface area contributed by atoms with Gasteiger partial charge in [0.25, 0.3) is 0 Å². The fraction of sp³-hybridized carbons (Fsp3) is 0.417. The third-order valence-corrected chi connectivity index (χ3v) is 5.23. The summed E-state index contributed by atoms with van der Waals surface area (Å²) in [6.07, 6.45) is 2.43. The average molecular weight is 266 g/mol. The number of thiophene rings is 1. The van der Waals surface area contributed by atoms with Gasteiger partial charge in [0.15, 0.2) is 0 Å². The fourth-order valence-electron chi connectivity index (χ4n) is 2.03. The van der Waals surface area contributed by atoms with Crippen LogP contribution in [-0.4, -0.2) is 20.6 Å². The number of aliphatic hydroxyl groups excluding tert-OH is 1. The van der Waals surface area contributed by atoms with Crippen LogP contribution in [0.5, 0.6) is 0 Å². The van der Waals surface area contributed by atoms with E-state index in [0.29, 0.717) is 0 Å². The molecule has 0 fully saturated rings. The first-order valence-corrected chi connectivity index (χ1v) is 7.58. The Balaban J connectivity index is 1.91. The smallest absolute Gasteiger partial charge is 0.132 e. The fourth-order valence-corrected chi connectivity index (χ4v) is 4.40. The number of rotatable bonds is 2. The van der Waals surface area contributed by atoms with Crippen molar-refractivity contribution in [3.8, 4) is 0 Å². The standard InChI is InChI=1S/C12H14N2OS2/c1-14-4-2-9(13-14)12(15)11-6-8-7-16-5-3-10(8)17-11/h2,4,6,12,15H,3,5,7H2,1H3. The summed E-state index contributed by atoms with van der Waals surface area (Å²) in [6.45, 7) is 0. The van der Waals surface area contributed by atoms with Crippen molar-refractivity contribution in [3.05, 3.63) is 39.3 Å². The zero-order chi connectivity index (χ0) is 11.8. The summed E-state index contributed by atoms with van der Waals surface area (Å²) in [5.74, 6) is 2.29. The van der Waals surface area contributed by atoms with E-state index in [0.717, 1.165) is 22.7 Å². The zero-order valence-electron chi connectivity index (χ0n) is 9.59. The first-order valence-electron chi connectivity index (χ1n) is 5.61. The highest BCUT2D eigenvalue weighted by atomic mass is 32.2. The molecule has 1 atom stereocenters. The highest BCUT2D eigenvalue weighted by molar-refractivity contribution is 7.98. The van der Waals surface area contributed by atoms with Crippen molar-refractivity contribution >= 4 is 23.1 Å². The van der Waals surface area contributed by atoms with Gasteiger partial charge >= 0.3 is 0 Å². The molecule has 90 valence electrons. The molecule has 0 radical (unpaired) electrons. The van der Waals surface area contributed by atoms with Crippen molar-refractivity contribution in [2.24, 2.45) is 7.05 Å².